The fraction of sp³-hybridized carbons (Fsp3) is 0.367. The number of furan rings is 1. The van der Waals surface area contributed by atoms with Crippen molar-refractivity contribution in [3.63, 3.8) is 0 Å². The molecule has 0 radical (unpaired) electrons. The van der Waals surface area contributed by atoms with Gasteiger partial charge < -0.3 is 9.32 Å². The van der Waals surface area contributed by atoms with Crippen LogP contribution in [0.3, 0.4) is 0 Å². The molecule has 1 saturated heterocycles. The van der Waals surface area contributed by atoms with Gasteiger partial charge in [0.05, 0.1) is 24.6 Å². The van der Waals surface area contributed by atoms with E-state index in [9.17, 15) is 9.59 Å². The van der Waals surface area contributed by atoms with Crippen molar-refractivity contribution >= 4 is 17.5 Å². The van der Waals surface area contributed by atoms with E-state index in [0.29, 0.717) is 25.1 Å². The smallest absolute Gasteiger partial charge is 0.257 e. The SMILES string of the molecule is Cc1ccc(C2=NN(C(=O)CN3Cc4ccccc4C[C@@H]3C(=O)N3CCCC3)[C@@H](c3ccco3)C2)cc1. The highest BCUT2D eigenvalue weighted by molar-refractivity contribution is 6.03. The number of aryl methyl sites for hydroxylation is 1. The Morgan fingerprint density at radius 2 is 1.70 bits per heavy atom. The maximum Gasteiger partial charge on any atom is 0.257 e. The van der Waals surface area contributed by atoms with Crippen LogP contribution in [0.15, 0.2) is 76.4 Å². The lowest BCUT2D eigenvalue weighted by Crippen LogP contribution is -2.53. The van der Waals surface area contributed by atoms with Gasteiger partial charge in [0.2, 0.25) is 5.91 Å². The Balaban J connectivity index is 1.28. The lowest BCUT2D eigenvalue weighted by molar-refractivity contribution is -0.141. The van der Waals surface area contributed by atoms with E-state index in [1.165, 1.54) is 16.7 Å². The highest BCUT2D eigenvalue weighted by atomic mass is 16.3. The first-order valence-electron chi connectivity index (χ1n) is 13.2. The molecular weight excluding hydrogens is 464 g/mol. The standard InChI is InChI=1S/C30H32N4O3/c1-21-10-12-22(13-11-21)25-18-26(28-9-6-16-37-28)34(31-25)29(35)20-33-19-24-8-3-2-7-23(24)17-27(33)30(36)32-14-4-5-15-32/h2-3,6-13,16,26-27H,4-5,14-15,17-20H2,1H3/t26-,27-/m1/s1. The van der Waals surface area contributed by atoms with Crippen LogP contribution in [0.2, 0.25) is 0 Å². The number of rotatable bonds is 5. The number of hydrogen-bond donors (Lipinski definition) is 0. The fourth-order valence-electron chi connectivity index (χ4n) is 5.74. The number of benzene rings is 2. The third-order valence-corrected chi connectivity index (χ3v) is 7.81. The van der Waals surface area contributed by atoms with E-state index in [1.54, 1.807) is 11.3 Å². The zero-order valence-corrected chi connectivity index (χ0v) is 21.2. The van der Waals surface area contributed by atoms with Crippen LogP contribution in [0.5, 0.6) is 0 Å². The van der Waals surface area contributed by atoms with Crippen LogP contribution < -0.4 is 0 Å². The predicted molar refractivity (Wildman–Crippen MR) is 141 cm³/mol. The zero-order chi connectivity index (χ0) is 25.4. The van der Waals surface area contributed by atoms with Crippen molar-refractivity contribution in [1.29, 1.82) is 0 Å². The molecule has 7 nitrogen and oxygen atoms in total. The molecule has 3 aromatic rings. The largest absolute Gasteiger partial charge is 0.467 e. The molecule has 190 valence electrons. The lowest BCUT2D eigenvalue weighted by atomic mass is 9.93. The molecule has 0 spiro atoms. The Morgan fingerprint density at radius 3 is 2.43 bits per heavy atom. The minimum atomic E-state index is -0.345. The molecule has 37 heavy (non-hydrogen) atoms. The van der Waals surface area contributed by atoms with Gasteiger partial charge in [0.1, 0.15) is 11.8 Å². The summed E-state index contributed by atoms with van der Waals surface area (Å²) in [5.74, 6) is 0.725. The van der Waals surface area contributed by atoms with Crippen LogP contribution in [0.4, 0.5) is 0 Å². The quantitative estimate of drug-likeness (QED) is 0.528. The minimum Gasteiger partial charge on any atom is -0.467 e. The number of likely N-dealkylation sites (tertiary alicyclic amines) is 1. The first-order valence-corrected chi connectivity index (χ1v) is 13.2. The summed E-state index contributed by atoms with van der Waals surface area (Å²) in [6.07, 6.45) is 4.93. The van der Waals surface area contributed by atoms with Crippen molar-refractivity contribution in [3.8, 4) is 0 Å². The van der Waals surface area contributed by atoms with Crippen molar-refractivity contribution in [2.45, 2.75) is 51.2 Å². The molecule has 0 N–H and O–H groups in total. The second-order valence-electron chi connectivity index (χ2n) is 10.3. The van der Waals surface area contributed by atoms with Gasteiger partial charge in [-0.15, -0.1) is 0 Å². The van der Waals surface area contributed by atoms with E-state index >= 15 is 0 Å². The second-order valence-corrected chi connectivity index (χ2v) is 10.3. The van der Waals surface area contributed by atoms with E-state index in [4.69, 9.17) is 9.52 Å². The Hall–Kier alpha value is -3.71. The molecular formula is C30H32N4O3. The minimum absolute atomic E-state index is 0.123. The summed E-state index contributed by atoms with van der Waals surface area (Å²) in [4.78, 5) is 31.4. The third-order valence-electron chi connectivity index (χ3n) is 7.81. The topological polar surface area (TPSA) is 69.4 Å². The van der Waals surface area contributed by atoms with Gasteiger partial charge in [-0.1, -0.05) is 54.1 Å². The Kier molecular flexibility index (Phi) is 6.38. The van der Waals surface area contributed by atoms with Crippen LogP contribution in [0.25, 0.3) is 0 Å². The maximum absolute atomic E-state index is 13.9. The highest BCUT2D eigenvalue weighted by Gasteiger charge is 2.39. The number of hydrazone groups is 1. The van der Waals surface area contributed by atoms with Gasteiger partial charge in [-0.2, -0.15) is 5.10 Å². The van der Waals surface area contributed by atoms with Crippen LogP contribution in [-0.4, -0.2) is 58.0 Å². The Labute approximate surface area is 217 Å². The monoisotopic (exact) mass is 496 g/mol. The summed E-state index contributed by atoms with van der Waals surface area (Å²) in [6.45, 7) is 4.35. The number of hydrogen-bond acceptors (Lipinski definition) is 5. The molecule has 2 atom stereocenters. The van der Waals surface area contributed by atoms with E-state index < -0.39 is 0 Å². The molecule has 3 aliphatic heterocycles. The van der Waals surface area contributed by atoms with E-state index in [-0.39, 0.29) is 30.4 Å². The molecule has 3 aliphatic rings. The first kappa shape index (κ1) is 23.7. The molecule has 6 rings (SSSR count). The van der Waals surface area contributed by atoms with Crippen LogP contribution in [0.1, 0.15) is 53.3 Å². The van der Waals surface area contributed by atoms with Crippen molar-refractivity contribution < 1.29 is 14.0 Å². The number of carbonyl (C=O) groups is 2. The van der Waals surface area contributed by atoms with Crippen LogP contribution in [0, 0.1) is 6.92 Å². The maximum atomic E-state index is 13.9. The molecule has 4 heterocycles. The first-order chi connectivity index (χ1) is 18.1. The molecule has 0 unspecified atom stereocenters. The van der Waals surface area contributed by atoms with Gasteiger partial charge in [0.25, 0.3) is 5.91 Å². The predicted octanol–water partition coefficient (Wildman–Crippen LogP) is 4.32. The van der Waals surface area contributed by atoms with Gasteiger partial charge in [-0.05, 0) is 55.0 Å². The zero-order valence-electron chi connectivity index (χ0n) is 21.2. The summed E-state index contributed by atoms with van der Waals surface area (Å²) < 4.78 is 5.72. The highest BCUT2D eigenvalue weighted by Crippen LogP contribution is 2.34. The molecule has 7 heteroatoms. The molecule has 1 aromatic heterocycles. The number of carbonyl (C=O) groups excluding carboxylic acids is 2. The van der Waals surface area contributed by atoms with Crippen molar-refractivity contribution in [1.82, 2.24) is 14.8 Å². The average molecular weight is 497 g/mol. The van der Waals surface area contributed by atoms with Crippen LogP contribution in [-0.2, 0) is 22.6 Å². The van der Waals surface area contributed by atoms with Crippen molar-refractivity contribution in [2.24, 2.45) is 5.10 Å². The summed E-state index contributed by atoms with van der Waals surface area (Å²) in [7, 11) is 0. The molecule has 0 saturated carbocycles. The molecule has 1 fully saturated rings. The Morgan fingerprint density at radius 1 is 0.946 bits per heavy atom. The second kappa shape index (κ2) is 9.98. The van der Waals surface area contributed by atoms with Gasteiger partial charge in [-0.3, -0.25) is 14.5 Å². The average Bonchev–Trinajstić information content (AvgIpc) is 3.70. The van der Waals surface area contributed by atoms with Gasteiger partial charge >= 0.3 is 0 Å². The number of amides is 2. The summed E-state index contributed by atoms with van der Waals surface area (Å²) in [6, 6.07) is 19.6. The number of fused-ring (bicyclic) bond motifs is 1. The lowest BCUT2D eigenvalue weighted by Gasteiger charge is -2.38. The van der Waals surface area contributed by atoms with Gasteiger partial charge in [0, 0.05) is 26.1 Å². The molecule has 2 amide bonds. The third kappa shape index (κ3) is 4.71. The van der Waals surface area contributed by atoms with E-state index in [1.807, 2.05) is 46.2 Å². The van der Waals surface area contributed by atoms with E-state index in [2.05, 4.69) is 31.2 Å². The molecule has 0 aliphatic carbocycles. The summed E-state index contributed by atoms with van der Waals surface area (Å²) in [5.41, 5.74) is 5.42. The fourth-order valence-corrected chi connectivity index (χ4v) is 5.74. The molecule has 0 bridgehead atoms. The summed E-state index contributed by atoms with van der Waals surface area (Å²) >= 11 is 0. The summed E-state index contributed by atoms with van der Waals surface area (Å²) in [5, 5.41) is 6.38. The van der Waals surface area contributed by atoms with Crippen molar-refractivity contribution in [3.05, 3.63) is 94.9 Å². The van der Waals surface area contributed by atoms with E-state index in [0.717, 1.165) is 37.2 Å². The molecule has 2 aromatic carbocycles. The Bertz CT molecular complexity index is 1310. The number of nitrogens with zero attached hydrogens (tertiary/aromatic N) is 4. The van der Waals surface area contributed by atoms with Crippen molar-refractivity contribution in [2.75, 3.05) is 19.6 Å². The van der Waals surface area contributed by atoms with Crippen LogP contribution >= 0.6 is 0 Å². The van der Waals surface area contributed by atoms with Gasteiger partial charge in [0.15, 0.2) is 0 Å². The normalized spacial score (nSPS) is 21.7. The van der Waals surface area contributed by atoms with Gasteiger partial charge in [-0.25, -0.2) is 5.01 Å².